The standard InChI is InChI=1S/C11H7ClN2O3S/c12-8-6-7(14(16)17)3-4-9(8)13-11(15)10-2-1-5-18-10/h1-6H,(H,13,15). The van der Waals surface area contributed by atoms with E-state index >= 15 is 0 Å². The van der Waals surface area contributed by atoms with E-state index in [9.17, 15) is 14.9 Å². The van der Waals surface area contributed by atoms with E-state index in [-0.39, 0.29) is 16.6 Å². The zero-order valence-corrected chi connectivity index (χ0v) is 10.5. The molecule has 0 saturated carbocycles. The van der Waals surface area contributed by atoms with Crippen LogP contribution in [0.3, 0.4) is 0 Å². The topological polar surface area (TPSA) is 72.2 Å². The number of hydrogen-bond acceptors (Lipinski definition) is 4. The number of carbonyl (C=O) groups is 1. The molecule has 1 aromatic carbocycles. The van der Waals surface area contributed by atoms with E-state index in [0.29, 0.717) is 10.6 Å². The second-order valence-electron chi connectivity index (χ2n) is 3.35. The van der Waals surface area contributed by atoms with Gasteiger partial charge in [0.2, 0.25) is 0 Å². The highest BCUT2D eigenvalue weighted by molar-refractivity contribution is 7.12. The molecule has 0 unspecified atom stereocenters. The maximum absolute atomic E-state index is 11.8. The smallest absolute Gasteiger partial charge is 0.271 e. The van der Waals surface area contributed by atoms with Gasteiger partial charge in [-0.15, -0.1) is 11.3 Å². The summed E-state index contributed by atoms with van der Waals surface area (Å²) in [5.41, 5.74) is 0.231. The van der Waals surface area contributed by atoms with Crippen molar-refractivity contribution in [2.24, 2.45) is 0 Å². The fraction of sp³-hybridized carbons (Fsp3) is 0. The molecule has 1 heterocycles. The van der Waals surface area contributed by atoms with Gasteiger partial charge in [0.05, 0.1) is 20.5 Å². The van der Waals surface area contributed by atoms with Crippen LogP contribution in [0.5, 0.6) is 0 Å². The molecule has 5 nitrogen and oxygen atoms in total. The Labute approximate surface area is 111 Å². The molecule has 0 bridgehead atoms. The van der Waals surface area contributed by atoms with Crippen LogP contribution in [0.2, 0.25) is 5.02 Å². The second-order valence-corrected chi connectivity index (χ2v) is 4.71. The Bertz CT molecular complexity index is 598. The van der Waals surface area contributed by atoms with Crippen molar-refractivity contribution in [2.75, 3.05) is 5.32 Å². The number of hydrogen-bond donors (Lipinski definition) is 1. The monoisotopic (exact) mass is 282 g/mol. The van der Waals surface area contributed by atoms with Crippen molar-refractivity contribution in [3.05, 3.63) is 55.7 Å². The number of carbonyl (C=O) groups excluding carboxylic acids is 1. The third-order valence-corrected chi connectivity index (χ3v) is 3.34. The third kappa shape index (κ3) is 2.66. The zero-order chi connectivity index (χ0) is 13.1. The summed E-state index contributed by atoms with van der Waals surface area (Å²) in [6.07, 6.45) is 0. The molecule has 0 radical (unpaired) electrons. The van der Waals surface area contributed by atoms with Gasteiger partial charge in [0.15, 0.2) is 0 Å². The quantitative estimate of drug-likeness (QED) is 0.691. The van der Waals surface area contributed by atoms with Crippen LogP contribution in [-0.2, 0) is 0 Å². The molecule has 0 aliphatic heterocycles. The van der Waals surface area contributed by atoms with E-state index in [1.165, 1.54) is 29.5 Å². The summed E-state index contributed by atoms with van der Waals surface area (Å²) in [6, 6.07) is 7.34. The molecule has 18 heavy (non-hydrogen) atoms. The summed E-state index contributed by atoms with van der Waals surface area (Å²) in [6.45, 7) is 0. The predicted octanol–water partition coefficient (Wildman–Crippen LogP) is 3.56. The van der Waals surface area contributed by atoms with E-state index < -0.39 is 4.92 Å². The Kier molecular flexibility index (Phi) is 3.59. The first-order valence-corrected chi connectivity index (χ1v) is 6.12. The van der Waals surface area contributed by atoms with E-state index in [2.05, 4.69) is 5.32 Å². The lowest BCUT2D eigenvalue weighted by molar-refractivity contribution is -0.384. The van der Waals surface area contributed by atoms with Gasteiger partial charge in [0.1, 0.15) is 0 Å². The van der Waals surface area contributed by atoms with Crippen molar-refractivity contribution in [1.82, 2.24) is 0 Å². The maximum atomic E-state index is 11.8. The van der Waals surface area contributed by atoms with Gasteiger partial charge in [-0.05, 0) is 17.5 Å². The van der Waals surface area contributed by atoms with Crippen LogP contribution in [0, 0.1) is 10.1 Å². The van der Waals surface area contributed by atoms with Crippen molar-refractivity contribution in [3.8, 4) is 0 Å². The minimum absolute atomic E-state index is 0.117. The number of thiophene rings is 1. The van der Waals surface area contributed by atoms with Gasteiger partial charge in [0, 0.05) is 12.1 Å². The molecule has 2 aromatic rings. The molecule has 1 amide bonds. The molecule has 0 aliphatic rings. The molecule has 0 spiro atoms. The summed E-state index contributed by atoms with van der Waals surface area (Å²) < 4.78 is 0. The number of nitrogens with one attached hydrogen (secondary N) is 1. The molecule has 0 atom stereocenters. The van der Waals surface area contributed by atoms with Gasteiger partial charge in [-0.25, -0.2) is 0 Å². The van der Waals surface area contributed by atoms with E-state index in [1.807, 2.05) is 0 Å². The molecule has 2 rings (SSSR count). The predicted molar refractivity (Wildman–Crippen MR) is 70.4 cm³/mol. The minimum Gasteiger partial charge on any atom is -0.320 e. The van der Waals surface area contributed by atoms with E-state index in [4.69, 9.17) is 11.6 Å². The van der Waals surface area contributed by atoms with Crippen LogP contribution in [0.1, 0.15) is 9.67 Å². The van der Waals surface area contributed by atoms with Crippen LogP contribution in [0.4, 0.5) is 11.4 Å². The number of benzene rings is 1. The van der Waals surface area contributed by atoms with Crippen LogP contribution in [0.25, 0.3) is 0 Å². The van der Waals surface area contributed by atoms with Gasteiger partial charge < -0.3 is 5.32 Å². The van der Waals surface area contributed by atoms with E-state index in [0.717, 1.165) is 0 Å². The minimum atomic E-state index is -0.545. The van der Waals surface area contributed by atoms with Gasteiger partial charge in [0.25, 0.3) is 11.6 Å². The highest BCUT2D eigenvalue weighted by atomic mass is 35.5. The maximum Gasteiger partial charge on any atom is 0.271 e. The summed E-state index contributed by atoms with van der Waals surface area (Å²) in [4.78, 5) is 22.3. The third-order valence-electron chi connectivity index (χ3n) is 2.16. The highest BCUT2D eigenvalue weighted by Crippen LogP contribution is 2.27. The van der Waals surface area contributed by atoms with Crippen LogP contribution in [0.15, 0.2) is 35.7 Å². The molecular weight excluding hydrogens is 276 g/mol. The SMILES string of the molecule is O=C(Nc1ccc([N+](=O)[O-])cc1Cl)c1cccs1. The molecule has 7 heteroatoms. The number of anilines is 1. The zero-order valence-electron chi connectivity index (χ0n) is 8.92. The largest absolute Gasteiger partial charge is 0.320 e. The first kappa shape index (κ1) is 12.5. The lowest BCUT2D eigenvalue weighted by Gasteiger charge is -2.05. The Morgan fingerprint density at radius 1 is 1.39 bits per heavy atom. The van der Waals surface area contributed by atoms with Gasteiger partial charge >= 0.3 is 0 Å². The fourth-order valence-electron chi connectivity index (χ4n) is 1.31. The number of rotatable bonds is 3. The number of non-ortho nitro benzene ring substituents is 1. The average molecular weight is 283 g/mol. The van der Waals surface area contributed by atoms with Crippen molar-refractivity contribution in [3.63, 3.8) is 0 Å². The Morgan fingerprint density at radius 2 is 2.17 bits per heavy atom. The number of nitrogens with zero attached hydrogens (tertiary/aromatic N) is 1. The first-order chi connectivity index (χ1) is 8.58. The molecule has 1 N–H and O–H groups in total. The van der Waals surface area contributed by atoms with Gasteiger partial charge in [-0.2, -0.15) is 0 Å². The highest BCUT2D eigenvalue weighted by Gasteiger charge is 2.12. The number of nitro benzene ring substituents is 1. The summed E-state index contributed by atoms with van der Waals surface area (Å²) >= 11 is 7.16. The van der Waals surface area contributed by atoms with Crippen molar-refractivity contribution in [1.29, 1.82) is 0 Å². The van der Waals surface area contributed by atoms with Gasteiger partial charge in [-0.1, -0.05) is 17.7 Å². The Hall–Kier alpha value is -1.92. The lowest BCUT2D eigenvalue weighted by Crippen LogP contribution is -2.10. The average Bonchev–Trinajstić information content (AvgIpc) is 2.85. The molecule has 1 aromatic heterocycles. The molecule has 0 saturated heterocycles. The van der Waals surface area contributed by atoms with Gasteiger partial charge in [-0.3, -0.25) is 14.9 Å². The van der Waals surface area contributed by atoms with Crippen LogP contribution in [-0.4, -0.2) is 10.8 Å². The van der Waals surface area contributed by atoms with Crippen molar-refractivity contribution < 1.29 is 9.72 Å². The molecule has 0 fully saturated rings. The summed E-state index contributed by atoms with van der Waals surface area (Å²) in [7, 11) is 0. The van der Waals surface area contributed by atoms with Crippen molar-refractivity contribution in [2.45, 2.75) is 0 Å². The summed E-state index contributed by atoms with van der Waals surface area (Å²) in [5.74, 6) is -0.291. The number of halogens is 1. The summed E-state index contributed by atoms with van der Waals surface area (Å²) in [5, 5.41) is 15.0. The second kappa shape index (κ2) is 5.16. The van der Waals surface area contributed by atoms with Crippen LogP contribution < -0.4 is 5.32 Å². The molecule has 92 valence electrons. The Balaban J connectivity index is 2.20. The Morgan fingerprint density at radius 3 is 2.72 bits per heavy atom. The molecular formula is C11H7ClN2O3S. The number of nitro groups is 1. The molecule has 0 aliphatic carbocycles. The lowest BCUT2D eigenvalue weighted by atomic mass is 10.2. The van der Waals surface area contributed by atoms with Crippen LogP contribution >= 0.6 is 22.9 Å². The van der Waals surface area contributed by atoms with Crippen molar-refractivity contribution >= 4 is 40.2 Å². The first-order valence-electron chi connectivity index (χ1n) is 4.87. The fourth-order valence-corrected chi connectivity index (χ4v) is 2.15. The normalized spacial score (nSPS) is 10.1. The van der Waals surface area contributed by atoms with E-state index in [1.54, 1.807) is 17.5 Å². The number of amides is 1.